The third kappa shape index (κ3) is 5.72. The summed E-state index contributed by atoms with van der Waals surface area (Å²) in [4.78, 5) is 0. The summed E-state index contributed by atoms with van der Waals surface area (Å²) in [6.45, 7) is 6.89. The Morgan fingerprint density at radius 3 is 2.24 bits per heavy atom. The summed E-state index contributed by atoms with van der Waals surface area (Å²) in [5, 5.41) is 4.69. The van der Waals surface area contributed by atoms with Gasteiger partial charge in [-0.1, -0.05) is 59.3 Å². The predicted molar refractivity (Wildman–Crippen MR) is 80.1 cm³/mol. The largest absolute Gasteiger partial charge is 0.152 e. The van der Waals surface area contributed by atoms with E-state index >= 15 is 0 Å². The van der Waals surface area contributed by atoms with Gasteiger partial charge in [-0.3, -0.25) is 0 Å². The van der Waals surface area contributed by atoms with Gasteiger partial charge in [0.25, 0.3) is 0 Å². The van der Waals surface area contributed by atoms with Crippen molar-refractivity contribution in [1.82, 2.24) is 0 Å². The zero-order valence-electron chi connectivity index (χ0n) is 11.8. The molecule has 0 aliphatic carbocycles. The lowest BCUT2D eigenvalue weighted by atomic mass is 9.98. The van der Waals surface area contributed by atoms with Crippen molar-refractivity contribution in [3.8, 4) is 0 Å². The first kappa shape index (κ1) is 14.8. The van der Waals surface area contributed by atoms with Gasteiger partial charge in [-0.15, -0.1) is 0 Å². The molecule has 0 nitrogen and oxygen atoms in total. The van der Waals surface area contributed by atoms with Crippen LogP contribution in [0.15, 0.2) is 10.8 Å². The highest BCUT2D eigenvalue weighted by Gasteiger charge is 2.06. The molecule has 0 fully saturated rings. The van der Waals surface area contributed by atoms with E-state index in [1.54, 1.807) is 11.1 Å². The van der Waals surface area contributed by atoms with Gasteiger partial charge in [0.05, 0.1) is 0 Å². The highest BCUT2D eigenvalue weighted by atomic mass is 32.1. The predicted octanol–water partition coefficient (Wildman–Crippen LogP) is 6.16. The lowest BCUT2D eigenvalue weighted by Crippen LogP contribution is -1.92. The molecule has 17 heavy (non-hydrogen) atoms. The lowest BCUT2D eigenvalue weighted by molar-refractivity contribution is 0.588. The molecule has 98 valence electrons. The molecule has 1 rings (SSSR count). The molecule has 1 aromatic heterocycles. The van der Waals surface area contributed by atoms with Crippen molar-refractivity contribution in [3.05, 3.63) is 21.9 Å². The van der Waals surface area contributed by atoms with Gasteiger partial charge in [-0.2, -0.15) is 11.3 Å². The van der Waals surface area contributed by atoms with Gasteiger partial charge in [0.1, 0.15) is 0 Å². The van der Waals surface area contributed by atoms with Crippen LogP contribution in [0.3, 0.4) is 0 Å². The molecular weight excluding hydrogens is 224 g/mol. The number of thiophene rings is 1. The average Bonchev–Trinajstić information content (AvgIpc) is 2.76. The average molecular weight is 252 g/mol. The van der Waals surface area contributed by atoms with Gasteiger partial charge in [0.15, 0.2) is 0 Å². The Kier molecular flexibility index (Phi) is 7.59. The molecule has 0 aliphatic rings. The van der Waals surface area contributed by atoms with Crippen LogP contribution in [0.4, 0.5) is 0 Å². The first-order chi connectivity index (χ1) is 8.25. The first-order valence-electron chi connectivity index (χ1n) is 7.30. The van der Waals surface area contributed by atoms with E-state index in [1.165, 1.54) is 51.4 Å². The zero-order chi connectivity index (χ0) is 12.5. The molecule has 0 aromatic carbocycles. The monoisotopic (exact) mass is 252 g/mol. The van der Waals surface area contributed by atoms with Crippen molar-refractivity contribution in [1.29, 1.82) is 0 Å². The smallest absolute Gasteiger partial charge is 0.00558 e. The summed E-state index contributed by atoms with van der Waals surface area (Å²) in [6.07, 6.45) is 11.2. The van der Waals surface area contributed by atoms with Crippen LogP contribution in [0.1, 0.15) is 82.8 Å². The fourth-order valence-corrected chi connectivity index (χ4v) is 3.37. The number of unbranched alkanes of at least 4 members (excludes halogenated alkanes) is 6. The minimum Gasteiger partial charge on any atom is -0.152 e. The van der Waals surface area contributed by atoms with Crippen molar-refractivity contribution < 1.29 is 0 Å². The van der Waals surface area contributed by atoms with E-state index in [0.29, 0.717) is 5.92 Å². The molecule has 0 unspecified atom stereocenters. The van der Waals surface area contributed by atoms with E-state index in [4.69, 9.17) is 0 Å². The Labute approximate surface area is 111 Å². The Hall–Kier alpha value is -0.300. The van der Waals surface area contributed by atoms with Crippen LogP contribution in [0.25, 0.3) is 0 Å². The topological polar surface area (TPSA) is 0 Å². The molecule has 0 amide bonds. The molecule has 1 heterocycles. The van der Waals surface area contributed by atoms with Crippen LogP contribution in [0.2, 0.25) is 0 Å². The van der Waals surface area contributed by atoms with E-state index in [1.807, 2.05) is 11.3 Å². The van der Waals surface area contributed by atoms with Crippen molar-refractivity contribution >= 4 is 11.3 Å². The van der Waals surface area contributed by atoms with Gasteiger partial charge < -0.3 is 0 Å². The molecule has 0 saturated carbocycles. The minimum atomic E-state index is 0.695. The molecule has 0 atom stereocenters. The second kappa shape index (κ2) is 8.74. The SMILES string of the molecule is CCCCCCCCCc1cscc1C(C)C. The summed E-state index contributed by atoms with van der Waals surface area (Å²) < 4.78 is 0. The maximum atomic E-state index is 2.35. The summed E-state index contributed by atoms with van der Waals surface area (Å²) in [5.74, 6) is 0.695. The molecular formula is C16H28S. The van der Waals surface area contributed by atoms with Crippen LogP contribution in [-0.2, 0) is 6.42 Å². The molecule has 1 heteroatoms. The molecule has 0 radical (unpaired) electrons. The van der Waals surface area contributed by atoms with Crippen molar-refractivity contribution in [2.45, 2.75) is 78.1 Å². The zero-order valence-corrected chi connectivity index (χ0v) is 12.6. The van der Waals surface area contributed by atoms with Crippen LogP contribution in [-0.4, -0.2) is 0 Å². The molecule has 0 spiro atoms. The Balaban J connectivity index is 2.11. The third-order valence-electron chi connectivity index (χ3n) is 3.45. The van der Waals surface area contributed by atoms with E-state index in [2.05, 4.69) is 31.5 Å². The van der Waals surface area contributed by atoms with Crippen molar-refractivity contribution in [2.75, 3.05) is 0 Å². The third-order valence-corrected chi connectivity index (χ3v) is 4.26. The van der Waals surface area contributed by atoms with Gasteiger partial charge >= 0.3 is 0 Å². The van der Waals surface area contributed by atoms with Gasteiger partial charge in [-0.05, 0) is 40.6 Å². The maximum absolute atomic E-state index is 2.35. The number of hydrogen-bond acceptors (Lipinski definition) is 1. The molecule has 0 bridgehead atoms. The second-order valence-electron chi connectivity index (χ2n) is 5.38. The highest BCUT2D eigenvalue weighted by Crippen LogP contribution is 2.25. The Bertz CT molecular complexity index is 285. The number of rotatable bonds is 9. The van der Waals surface area contributed by atoms with Gasteiger partial charge in [0, 0.05) is 0 Å². The van der Waals surface area contributed by atoms with Crippen molar-refractivity contribution in [3.63, 3.8) is 0 Å². The van der Waals surface area contributed by atoms with Crippen LogP contribution in [0, 0.1) is 0 Å². The fraction of sp³-hybridized carbons (Fsp3) is 0.750. The Morgan fingerprint density at radius 2 is 1.59 bits per heavy atom. The standard InChI is InChI=1S/C16H28S/c1-4-5-6-7-8-9-10-11-15-12-17-13-16(15)14(2)3/h12-14H,4-11H2,1-3H3. The second-order valence-corrected chi connectivity index (χ2v) is 6.12. The number of aryl methyl sites for hydroxylation is 1. The maximum Gasteiger partial charge on any atom is -0.00558 e. The van der Waals surface area contributed by atoms with Crippen LogP contribution in [0.5, 0.6) is 0 Å². The summed E-state index contributed by atoms with van der Waals surface area (Å²) in [7, 11) is 0. The molecule has 1 aromatic rings. The van der Waals surface area contributed by atoms with Gasteiger partial charge in [-0.25, -0.2) is 0 Å². The summed E-state index contributed by atoms with van der Waals surface area (Å²) in [5.41, 5.74) is 3.19. The fourth-order valence-electron chi connectivity index (χ4n) is 2.32. The molecule has 0 saturated heterocycles. The lowest BCUT2D eigenvalue weighted by Gasteiger charge is -2.07. The van der Waals surface area contributed by atoms with Crippen LogP contribution < -0.4 is 0 Å². The first-order valence-corrected chi connectivity index (χ1v) is 8.25. The van der Waals surface area contributed by atoms with Gasteiger partial charge in [0.2, 0.25) is 0 Å². The normalized spacial score (nSPS) is 11.3. The van der Waals surface area contributed by atoms with Crippen LogP contribution >= 0.6 is 11.3 Å². The quantitative estimate of drug-likeness (QED) is 0.461. The Morgan fingerprint density at radius 1 is 0.941 bits per heavy atom. The minimum absolute atomic E-state index is 0.695. The highest BCUT2D eigenvalue weighted by molar-refractivity contribution is 7.08. The number of hydrogen-bond donors (Lipinski definition) is 0. The molecule has 0 N–H and O–H groups in total. The van der Waals surface area contributed by atoms with E-state index in [9.17, 15) is 0 Å². The van der Waals surface area contributed by atoms with Crippen molar-refractivity contribution in [2.24, 2.45) is 0 Å². The van der Waals surface area contributed by atoms with E-state index < -0.39 is 0 Å². The summed E-state index contributed by atoms with van der Waals surface area (Å²) in [6, 6.07) is 0. The van der Waals surface area contributed by atoms with E-state index in [0.717, 1.165) is 0 Å². The summed E-state index contributed by atoms with van der Waals surface area (Å²) >= 11 is 1.87. The molecule has 0 aliphatic heterocycles. The van der Waals surface area contributed by atoms with E-state index in [-0.39, 0.29) is 0 Å².